The molecule has 2 rings (SSSR count). The number of allylic oxidation sites excluding steroid dienone is 4. The van der Waals surface area contributed by atoms with Crippen LogP contribution in [0.2, 0.25) is 0 Å². The summed E-state index contributed by atoms with van der Waals surface area (Å²) in [5, 5.41) is 9.99. The van der Waals surface area contributed by atoms with Crippen LogP contribution in [0.15, 0.2) is 35.3 Å². The summed E-state index contributed by atoms with van der Waals surface area (Å²) in [6.07, 6.45) is 2.39. The van der Waals surface area contributed by atoms with Gasteiger partial charge in [0.2, 0.25) is 0 Å². The third kappa shape index (κ3) is 6.13. The average molecular weight is 592 g/mol. The summed E-state index contributed by atoms with van der Waals surface area (Å²) in [6, 6.07) is 3.35. The molecule has 0 heterocycles. The molecule has 0 unspecified atom stereocenters. The zero-order valence-electron chi connectivity index (χ0n) is 13.7. The number of hydrogen-bond donors (Lipinski definition) is 3. The van der Waals surface area contributed by atoms with E-state index < -0.39 is 13.9 Å². The number of aliphatic hydroxyl groups is 1. The van der Waals surface area contributed by atoms with Crippen molar-refractivity contribution in [2.45, 2.75) is 26.7 Å². The topological polar surface area (TPSA) is 96.2 Å². The Kier molecular flexibility index (Phi) is 7.23. The van der Waals surface area contributed by atoms with Crippen molar-refractivity contribution in [1.29, 1.82) is 0 Å². The molecule has 0 spiro atoms. The van der Waals surface area contributed by atoms with Crippen molar-refractivity contribution in [3.63, 3.8) is 0 Å². The molecule has 1 aromatic rings. The maximum Gasteiger partial charge on any atom is 0.362 e. The normalized spacial score (nSPS) is 15.4. The van der Waals surface area contributed by atoms with Gasteiger partial charge in [0.05, 0.1) is 12.9 Å². The van der Waals surface area contributed by atoms with E-state index in [1.165, 1.54) is 0 Å². The van der Waals surface area contributed by atoms with Gasteiger partial charge in [-0.1, -0.05) is 13.8 Å². The fraction of sp³-hybridized carbons (Fsp3) is 0.375. The number of ether oxygens (including phenoxy) is 2. The second kappa shape index (κ2) is 8.60. The Bertz CT molecular complexity index is 743. The number of rotatable bonds is 6. The van der Waals surface area contributed by atoms with E-state index in [0.717, 1.165) is 18.5 Å². The molecule has 1 aliphatic rings. The third-order valence-corrected chi connectivity index (χ3v) is 5.55. The van der Waals surface area contributed by atoms with E-state index >= 15 is 0 Å². The van der Waals surface area contributed by atoms with Crippen molar-refractivity contribution in [3.05, 3.63) is 42.4 Å². The van der Waals surface area contributed by atoms with Crippen molar-refractivity contribution in [1.82, 2.24) is 0 Å². The first kappa shape index (κ1) is 21.0. The molecule has 0 bridgehead atoms. The van der Waals surface area contributed by atoms with Gasteiger partial charge in [0.25, 0.3) is 0 Å². The Hall–Kier alpha value is -0.290. The van der Waals surface area contributed by atoms with Gasteiger partial charge in [0.1, 0.15) is 11.5 Å². The molecule has 0 atom stereocenters. The monoisotopic (exact) mass is 592 g/mol. The average Bonchev–Trinajstić information content (AvgIpc) is 2.49. The lowest BCUT2D eigenvalue weighted by atomic mass is 9.94. The Balaban J connectivity index is 2.21. The highest BCUT2D eigenvalue weighted by Gasteiger charge is 2.20. The van der Waals surface area contributed by atoms with E-state index in [9.17, 15) is 9.67 Å². The van der Waals surface area contributed by atoms with Crippen LogP contribution in [0.1, 0.15) is 26.7 Å². The molecular formula is C16H19I2O6P. The molecule has 0 radical (unpaired) electrons. The predicted molar refractivity (Wildman–Crippen MR) is 112 cm³/mol. The predicted octanol–water partition coefficient (Wildman–Crippen LogP) is 4.93. The van der Waals surface area contributed by atoms with Gasteiger partial charge in [-0.3, -0.25) is 4.57 Å². The van der Waals surface area contributed by atoms with E-state index in [0.29, 0.717) is 30.1 Å². The van der Waals surface area contributed by atoms with E-state index in [1.54, 1.807) is 12.1 Å². The summed E-state index contributed by atoms with van der Waals surface area (Å²) < 4.78 is 23.7. The van der Waals surface area contributed by atoms with E-state index in [-0.39, 0.29) is 5.92 Å². The molecule has 9 heteroatoms. The molecule has 1 aromatic carbocycles. The molecule has 25 heavy (non-hydrogen) atoms. The van der Waals surface area contributed by atoms with Crippen LogP contribution in [0, 0.1) is 13.1 Å². The lowest BCUT2D eigenvalue weighted by Gasteiger charge is -2.21. The van der Waals surface area contributed by atoms with E-state index in [1.807, 2.05) is 19.9 Å². The molecule has 0 saturated carbocycles. The molecule has 0 aromatic heterocycles. The lowest BCUT2D eigenvalue weighted by Crippen LogP contribution is -2.09. The van der Waals surface area contributed by atoms with Crippen LogP contribution in [-0.2, 0) is 4.57 Å². The first-order valence-electron chi connectivity index (χ1n) is 7.53. The minimum absolute atomic E-state index is 0.209. The fourth-order valence-corrected chi connectivity index (χ4v) is 4.55. The molecular weight excluding hydrogens is 573 g/mol. The van der Waals surface area contributed by atoms with Crippen LogP contribution >= 0.6 is 52.8 Å². The van der Waals surface area contributed by atoms with Gasteiger partial charge in [-0.2, -0.15) is 0 Å². The summed E-state index contributed by atoms with van der Waals surface area (Å²) in [4.78, 5) is 17.8. The van der Waals surface area contributed by atoms with Crippen molar-refractivity contribution in [3.8, 4) is 11.5 Å². The quantitative estimate of drug-likeness (QED) is 0.321. The van der Waals surface area contributed by atoms with Gasteiger partial charge in [-0.15, -0.1) is 0 Å². The van der Waals surface area contributed by atoms with Gasteiger partial charge < -0.3 is 24.4 Å². The van der Waals surface area contributed by atoms with Gasteiger partial charge in [0.15, 0.2) is 12.1 Å². The molecule has 0 amide bonds. The molecule has 0 aliphatic heterocycles. The number of aliphatic hydroxyl groups excluding tert-OH is 1. The Labute approximate surface area is 173 Å². The van der Waals surface area contributed by atoms with Crippen LogP contribution in [0.3, 0.4) is 0 Å². The third-order valence-electron chi connectivity index (χ3n) is 3.48. The zero-order chi connectivity index (χ0) is 18.8. The highest BCUT2D eigenvalue weighted by Crippen LogP contribution is 2.38. The Morgan fingerprint density at radius 1 is 1.20 bits per heavy atom. The highest BCUT2D eigenvalue weighted by atomic mass is 127. The van der Waals surface area contributed by atoms with Gasteiger partial charge >= 0.3 is 7.60 Å². The molecule has 0 saturated heterocycles. The van der Waals surface area contributed by atoms with Crippen molar-refractivity contribution in [2.75, 3.05) is 6.35 Å². The molecule has 138 valence electrons. The number of halogens is 2. The van der Waals surface area contributed by atoms with Crippen LogP contribution in [0.5, 0.6) is 11.5 Å². The second-order valence-electron chi connectivity index (χ2n) is 5.92. The van der Waals surface area contributed by atoms with Crippen LogP contribution < -0.4 is 9.47 Å². The van der Waals surface area contributed by atoms with Crippen LogP contribution in [0.4, 0.5) is 0 Å². The van der Waals surface area contributed by atoms with Crippen LogP contribution in [0.25, 0.3) is 0 Å². The maximum atomic E-state index is 10.9. The largest absolute Gasteiger partial charge is 0.512 e. The smallest absolute Gasteiger partial charge is 0.362 e. The molecule has 6 nitrogen and oxygen atoms in total. The minimum Gasteiger partial charge on any atom is -0.512 e. The lowest BCUT2D eigenvalue weighted by molar-refractivity contribution is 0.299. The molecule has 3 N–H and O–H groups in total. The molecule has 0 fully saturated rings. The maximum absolute atomic E-state index is 10.9. The summed E-state index contributed by atoms with van der Waals surface area (Å²) >= 11 is 4.20. The highest BCUT2D eigenvalue weighted by molar-refractivity contribution is 14.1. The van der Waals surface area contributed by atoms with Crippen molar-refractivity contribution < 1.29 is 28.9 Å². The van der Waals surface area contributed by atoms with E-state index in [2.05, 4.69) is 45.2 Å². The van der Waals surface area contributed by atoms with E-state index in [4.69, 9.17) is 19.3 Å². The van der Waals surface area contributed by atoms with Gasteiger partial charge in [0, 0.05) is 12.8 Å². The van der Waals surface area contributed by atoms with Gasteiger partial charge in [-0.25, -0.2) is 0 Å². The summed E-state index contributed by atoms with van der Waals surface area (Å²) in [5.41, 5.74) is 0.882. The first-order valence-corrected chi connectivity index (χ1v) is 11.5. The number of hydrogen-bond acceptors (Lipinski definition) is 4. The SMILES string of the molecule is CC(C)C1=C(O)CCC(Oc2c(I)cc(OCP(=O)(O)O)cc2I)=C1. The Morgan fingerprint density at radius 2 is 1.80 bits per heavy atom. The Morgan fingerprint density at radius 3 is 2.32 bits per heavy atom. The minimum atomic E-state index is -4.22. The standard InChI is InChI=1S/C16H19I2O6P/c1-9(2)12-5-10(3-4-15(12)19)24-16-13(17)6-11(7-14(16)18)23-8-25(20,21)22/h5-7,9,19H,3-4,8H2,1-2H3,(H2,20,21,22). The zero-order valence-corrected chi connectivity index (χ0v) is 18.9. The first-order chi connectivity index (χ1) is 11.6. The fourth-order valence-electron chi connectivity index (χ4n) is 2.30. The molecule has 1 aliphatic carbocycles. The summed E-state index contributed by atoms with van der Waals surface area (Å²) in [7, 11) is -4.22. The van der Waals surface area contributed by atoms with Crippen molar-refractivity contribution >= 4 is 52.8 Å². The van der Waals surface area contributed by atoms with Crippen molar-refractivity contribution in [2.24, 2.45) is 5.92 Å². The summed E-state index contributed by atoms with van der Waals surface area (Å²) in [6.45, 7) is 4.04. The second-order valence-corrected chi connectivity index (χ2v) is 9.84. The van der Waals surface area contributed by atoms with Crippen LogP contribution in [-0.4, -0.2) is 21.2 Å². The van der Waals surface area contributed by atoms with Gasteiger partial charge in [-0.05, 0) is 74.9 Å². The number of benzene rings is 1. The summed E-state index contributed by atoms with van der Waals surface area (Å²) in [5.74, 6) is 2.44.